The van der Waals surface area contributed by atoms with Gasteiger partial charge in [-0.3, -0.25) is 0 Å². The molecule has 3 nitrogen and oxygen atoms in total. The minimum absolute atomic E-state index is 0.0880. The molecule has 9 heavy (non-hydrogen) atoms. The summed E-state index contributed by atoms with van der Waals surface area (Å²) >= 11 is 0. The van der Waals surface area contributed by atoms with Gasteiger partial charge in [0.2, 0.25) is 0 Å². The van der Waals surface area contributed by atoms with E-state index in [1.165, 1.54) is 0 Å². The first-order valence-electron chi connectivity index (χ1n) is 3.30. The molecule has 0 amide bonds. The van der Waals surface area contributed by atoms with Gasteiger partial charge in [-0.05, 0) is 12.8 Å². The van der Waals surface area contributed by atoms with Crippen molar-refractivity contribution in [1.82, 2.24) is 0 Å². The second-order valence-electron chi connectivity index (χ2n) is 2.37. The van der Waals surface area contributed by atoms with Crippen LogP contribution in [0.5, 0.6) is 0 Å². The van der Waals surface area contributed by atoms with Gasteiger partial charge < -0.3 is 14.7 Å². The van der Waals surface area contributed by atoms with Crippen LogP contribution in [0.2, 0.25) is 0 Å². The third-order valence-corrected chi connectivity index (χ3v) is 1.62. The third kappa shape index (κ3) is 2.34. The van der Waals surface area contributed by atoms with E-state index in [-0.39, 0.29) is 6.10 Å². The van der Waals surface area contributed by atoms with E-state index in [1.54, 1.807) is 0 Å². The number of hydrogen-bond acceptors (Lipinski definition) is 3. The minimum atomic E-state index is -1.58. The van der Waals surface area contributed by atoms with Crippen LogP contribution in [-0.4, -0.2) is 23.5 Å². The summed E-state index contributed by atoms with van der Waals surface area (Å²) in [6.07, 6.45) is 4.33. The molecule has 1 rings (SSSR count). The molecule has 0 atom stereocenters. The summed E-state index contributed by atoms with van der Waals surface area (Å²) < 4.78 is 4.72. The number of rotatable bonds is 2. The van der Waals surface area contributed by atoms with Crippen LogP contribution in [-0.2, 0) is 4.65 Å². The van der Waals surface area contributed by atoms with Crippen molar-refractivity contribution in [1.29, 1.82) is 0 Å². The molecule has 0 saturated heterocycles. The summed E-state index contributed by atoms with van der Waals surface area (Å²) in [6, 6.07) is 0. The fourth-order valence-electron chi connectivity index (χ4n) is 1.20. The molecule has 0 aromatic carbocycles. The first-order chi connectivity index (χ1) is 4.29. The third-order valence-electron chi connectivity index (χ3n) is 1.62. The Hall–Kier alpha value is -0.0551. The maximum absolute atomic E-state index is 8.35. The Morgan fingerprint density at radius 2 is 1.78 bits per heavy atom. The van der Waals surface area contributed by atoms with Crippen molar-refractivity contribution in [3.8, 4) is 0 Å². The predicted octanol–water partition coefficient (Wildman–Crippen LogP) is -0.0849. The monoisotopic (exact) mass is 130 g/mol. The molecular weight excluding hydrogens is 119 g/mol. The molecule has 0 aromatic heterocycles. The zero-order chi connectivity index (χ0) is 6.69. The van der Waals surface area contributed by atoms with E-state index in [1.807, 2.05) is 0 Å². The standard InChI is InChI=1S/C5H11BO3/c7-6(8)9-5-3-1-2-4-5/h5,7-8H,1-4H2. The second-order valence-corrected chi connectivity index (χ2v) is 2.37. The van der Waals surface area contributed by atoms with Crippen LogP contribution < -0.4 is 0 Å². The summed E-state index contributed by atoms with van der Waals surface area (Å²) in [7, 11) is -1.58. The fourth-order valence-corrected chi connectivity index (χ4v) is 1.20. The topological polar surface area (TPSA) is 49.7 Å². The molecule has 1 fully saturated rings. The lowest BCUT2D eigenvalue weighted by Gasteiger charge is -2.08. The molecular formula is C5H11BO3. The highest BCUT2D eigenvalue weighted by Crippen LogP contribution is 2.20. The Morgan fingerprint density at radius 3 is 2.22 bits per heavy atom. The minimum Gasteiger partial charge on any atom is -0.402 e. The molecule has 0 unspecified atom stereocenters. The molecule has 4 heteroatoms. The van der Waals surface area contributed by atoms with E-state index in [0.717, 1.165) is 25.7 Å². The fraction of sp³-hybridized carbons (Fsp3) is 1.00. The van der Waals surface area contributed by atoms with Crippen LogP contribution in [0.4, 0.5) is 0 Å². The molecule has 1 aliphatic rings. The van der Waals surface area contributed by atoms with E-state index in [9.17, 15) is 0 Å². The van der Waals surface area contributed by atoms with Crippen LogP contribution in [0.25, 0.3) is 0 Å². The number of hydrogen-bond donors (Lipinski definition) is 2. The maximum atomic E-state index is 8.35. The van der Waals surface area contributed by atoms with E-state index >= 15 is 0 Å². The average Bonchev–Trinajstić information content (AvgIpc) is 2.15. The lowest BCUT2D eigenvalue weighted by Crippen LogP contribution is -2.23. The first kappa shape index (κ1) is 7.06. The van der Waals surface area contributed by atoms with E-state index in [2.05, 4.69) is 0 Å². The Labute approximate surface area is 54.8 Å². The smallest absolute Gasteiger partial charge is 0.402 e. The lowest BCUT2D eigenvalue weighted by atomic mass is 10.2. The molecule has 52 valence electrons. The van der Waals surface area contributed by atoms with Crippen LogP contribution in [0.15, 0.2) is 0 Å². The summed E-state index contributed by atoms with van der Waals surface area (Å²) in [5, 5.41) is 16.7. The van der Waals surface area contributed by atoms with Crippen molar-refractivity contribution in [2.24, 2.45) is 0 Å². The molecule has 0 heterocycles. The predicted molar refractivity (Wildman–Crippen MR) is 33.5 cm³/mol. The van der Waals surface area contributed by atoms with Gasteiger partial charge >= 0.3 is 7.32 Å². The highest BCUT2D eigenvalue weighted by Gasteiger charge is 2.20. The zero-order valence-electron chi connectivity index (χ0n) is 5.29. The van der Waals surface area contributed by atoms with Gasteiger partial charge in [-0.2, -0.15) is 0 Å². The van der Waals surface area contributed by atoms with Gasteiger partial charge in [0.15, 0.2) is 0 Å². The summed E-state index contributed by atoms with van der Waals surface area (Å²) in [6.45, 7) is 0. The molecule has 1 aliphatic carbocycles. The molecule has 2 N–H and O–H groups in total. The van der Waals surface area contributed by atoms with Crippen molar-refractivity contribution in [3.05, 3.63) is 0 Å². The SMILES string of the molecule is OB(O)OC1CCCC1. The summed E-state index contributed by atoms with van der Waals surface area (Å²) in [5.74, 6) is 0. The normalized spacial score (nSPS) is 20.7. The van der Waals surface area contributed by atoms with Gasteiger partial charge in [-0.15, -0.1) is 0 Å². The highest BCUT2D eigenvalue weighted by molar-refractivity contribution is 6.32. The quantitative estimate of drug-likeness (QED) is 0.513. The Morgan fingerprint density at radius 1 is 1.22 bits per heavy atom. The van der Waals surface area contributed by atoms with Crippen molar-refractivity contribution in [3.63, 3.8) is 0 Å². The second kappa shape index (κ2) is 3.20. The lowest BCUT2D eigenvalue weighted by molar-refractivity contribution is 0.122. The molecule has 0 aliphatic heterocycles. The average molecular weight is 130 g/mol. The Balaban J connectivity index is 2.11. The van der Waals surface area contributed by atoms with E-state index < -0.39 is 7.32 Å². The van der Waals surface area contributed by atoms with Gasteiger partial charge in [-0.1, -0.05) is 12.8 Å². The van der Waals surface area contributed by atoms with Gasteiger partial charge in [0, 0.05) is 6.10 Å². The van der Waals surface area contributed by atoms with Crippen molar-refractivity contribution in [2.75, 3.05) is 0 Å². The van der Waals surface area contributed by atoms with E-state index in [0.29, 0.717) is 0 Å². The largest absolute Gasteiger partial charge is 0.634 e. The molecule has 0 aromatic rings. The van der Waals surface area contributed by atoms with Crippen LogP contribution >= 0.6 is 0 Å². The van der Waals surface area contributed by atoms with Crippen LogP contribution in [0.1, 0.15) is 25.7 Å². The van der Waals surface area contributed by atoms with Gasteiger partial charge in [-0.25, -0.2) is 0 Å². The van der Waals surface area contributed by atoms with E-state index in [4.69, 9.17) is 14.7 Å². The van der Waals surface area contributed by atoms with Crippen LogP contribution in [0, 0.1) is 0 Å². The molecule has 0 spiro atoms. The summed E-state index contributed by atoms with van der Waals surface area (Å²) in [4.78, 5) is 0. The zero-order valence-corrected chi connectivity index (χ0v) is 5.29. The van der Waals surface area contributed by atoms with Crippen molar-refractivity contribution in [2.45, 2.75) is 31.8 Å². The highest BCUT2D eigenvalue weighted by atomic mass is 16.6. The van der Waals surface area contributed by atoms with Crippen molar-refractivity contribution < 1.29 is 14.7 Å². The van der Waals surface area contributed by atoms with Gasteiger partial charge in [0.05, 0.1) is 0 Å². The van der Waals surface area contributed by atoms with Crippen LogP contribution in [0.3, 0.4) is 0 Å². The first-order valence-corrected chi connectivity index (χ1v) is 3.30. The molecule has 0 bridgehead atoms. The van der Waals surface area contributed by atoms with Gasteiger partial charge in [0.25, 0.3) is 0 Å². The summed E-state index contributed by atoms with van der Waals surface area (Å²) in [5.41, 5.74) is 0. The van der Waals surface area contributed by atoms with Crippen molar-refractivity contribution >= 4 is 7.32 Å². The molecule has 1 saturated carbocycles. The maximum Gasteiger partial charge on any atom is 0.634 e. The molecule has 0 radical (unpaired) electrons. The van der Waals surface area contributed by atoms with Gasteiger partial charge in [0.1, 0.15) is 0 Å². The Bertz CT molecular complexity index is 80.3. The Kier molecular flexibility index (Phi) is 2.51.